The molecule has 0 bridgehead atoms. The zero-order chi connectivity index (χ0) is 23.4. The molecule has 7 heteroatoms. The van der Waals surface area contributed by atoms with Gasteiger partial charge in [0.2, 0.25) is 5.69 Å². The molecule has 0 saturated carbocycles. The Kier molecular flexibility index (Phi) is 6.31. The van der Waals surface area contributed by atoms with E-state index in [9.17, 15) is 14.4 Å². The summed E-state index contributed by atoms with van der Waals surface area (Å²) in [6.45, 7) is 3.79. The molecule has 0 radical (unpaired) electrons. The van der Waals surface area contributed by atoms with Crippen molar-refractivity contribution in [2.24, 2.45) is 0 Å². The van der Waals surface area contributed by atoms with Crippen LogP contribution < -0.4 is 16.6 Å². The SMILES string of the molecule is Cc1ccc(-n2nc(C(=O)NC(C)c3ccccc3)c(=O)n(Cc3ccccc3)c2=O)cc1. The van der Waals surface area contributed by atoms with Crippen LogP contribution in [0.5, 0.6) is 0 Å². The maximum absolute atomic E-state index is 13.2. The second-order valence-corrected chi connectivity index (χ2v) is 7.86. The molecule has 7 nitrogen and oxygen atoms in total. The molecule has 0 spiro atoms. The summed E-state index contributed by atoms with van der Waals surface area (Å²) in [6, 6.07) is 25.4. The predicted molar refractivity (Wildman–Crippen MR) is 127 cm³/mol. The van der Waals surface area contributed by atoms with E-state index >= 15 is 0 Å². The van der Waals surface area contributed by atoms with E-state index in [2.05, 4.69) is 10.4 Å². The van der Waals surface area contributed by atoms with Crippen LogP contribution in [0.1, 0.15) is 40.1 Å². The van der Waals surface area contributed by atoms with E-state index in [4.69, 9.17) is 0 Å². The summed E-state index contributed by atoms with van der Waals surface area (Å²) in [4.78, 5) is 39.5. The average Bonchev–Trinajstić information content (AvgIpc) is 2.83. The van der Waals surface area contributed by atoms with Crippen LogP contribution in [0.2, 0.25) is 0 Å². The summed E-state index contributed by atoms with van der Waals surface area (Å²) in [5.74, 6) is -0.640. The van der Waals surface area contributed by atoms with E-state index in [0.29, 0.717) is 5.69 Å². The molecule has 33 heavy (non-hydrogen) atoms. The lowest BCUT2D eigenvalue weighted by Gasteiger charge is -2.16. The molecule has 1 N–H and O–H groups in total. The van der Waals surface area contributed by atoms with Crippen LogP contribution in [0.4, 0.5) is 0 Å². The highest BCUT2D eigenvalue weighted by atomic mass is 16.2. The zero-order valence-corrected chi connectivity index (χ0v) is 18.4. The molecule has 1 amide bonds. The first-order chi connectivity index (χ1) is 15.9. The van der Waals surface area contributed by atoms with Gasteiger partial charge in [0, 0.05) is 0 Å². The molecular formula is C26H24N4O3. The number of hydrogen-bond donors (Lipinski definition) is 1. The fourth-order valence-electron chi connectivity index (χ4n) is 3.51. The number of amides is 1. The van der Waals surface area contributed by atoms with Gasteiger partial charge in [-0.15, -0.1) is 0 Å². The number of rotatable bonds is 6. The number of nitrogens with one attached hydrogen (secondary N) is 1. The van der Waals surface area contributed by atoms with Gasteiger partial charge in [0.25, 0.3) is 11.5 Å². The fraction of sp³-hybridized carbons (Fsp3) is 0.154. The molecule has 4 rings (SSSR count). The summed E-state index contributed by atoms with van der Waals surface area (Å²) in [7, 11) is 0. The number of nitrogens with zero attached hydrogens (tertiary/aromatic N) is 3. The van der Waals surface area contributed by atoms with Crippen molar-refractivity contribution in [1.29, 1.82) is 0 Å². The van der Waals surface area contributed by atoms with Crippen molar-refractivity contribution in [1.82, 2.24) is 19.7 Å². The third-order valence-corrected chi connectivity index (χ3v) is 5.38. The van der Waals surface area contributed by atoms with Crippen LogP contribution in [0, 0.1) is 6.92 Å². The van der Waals surface area contributed by atoms with Gasteiger partial charge in [-0.1, -0.05) is 78.4 Å². The third-order valence-electron chi connectivity index (χ3n) is 5.38. The molecule has 0 saturated heterocycles. The minimum absolute atomic E-state index is 0.0292. The number of benzene rings is 3. The Hall–Kier alpha value is -4.26. The molecule has 1 heterocycles. The molecule has 4 aromatic rings. The van der Waals surface area contributed by atoms with E-state index in [1.165, 1.54) is 0 Å². The van der Waals surface area contributed by atoms with Gasteiger partial charge in [-0.3, -0.25) is 14.2 Å². The van der Waals surface area contributed by atoms with Gasteiger partial charge >= 0.3 is 5.69 Å². The van der Waals surface area contributed by atoms with Gasteiger partial charge in [-0.25, -0.2) is 4.79 Å². The number of aromatic nitrogens is 3. The molecule has 0 aliphatic carbocycles. The van der Waals surface area contributed by atoms with E-state index in [1.807, 2.05) is 86.6 Å². The van der Waals surface area contributed by atoms with Crippen molar-refractivity contribution in [3.8, 4) is 5.69 Å². The number of carbonyl (C=O) groups is 1. The predicted octanol–water partition coefficient (Wildman–Crippen LogP) is 3.24. The molecule has 166 valence electrons. The molecule has 1 unspecified atom stereocenters. The standard InChI is InChI=1S/C26H24N4O3/c1-18-13-15-22(16-14-18)30-26(33)29(17-20-9-5-3-6-10-20)25(32)23(28-30)24(31)27-19(2)21-11-7-4-8-12-21/h3-16,19H,17H2,1-2H3,(H,27,31). The Morgan fingerprint density at radius 1 is 0.909 bits per heavy atom. The fourth-order valence-corrected chi connectivity index (χ4v) is 3.51. The number of aryl methyl sites for hydroxylation is 1. The summed E-state index contributed by atoms with van der Waals surface area (Å²) >= 11 is 0. The highest BCUT2D eigenvalue weighted by Crippen LogP contribution is 2.12. The molecule has 1 atom stereocenters. The molecule has 3 aromatic carbocycles. The van der Waals surface area contributed by atoms with Gasteiger partial charge < -0.3 is 5.32 Å². The highest BCUT2D eigenvalue weighted by molar-refractivity contribution is 5.92. The minimum Gasteiger partial charge on any atom is -0.344 e. The second kappa shape index (κ2) is 9.48. The minimum atomic E-state index is -0.732. The third kappa shape index (κ3) is 4.82. The molecule has 0 fully saturated rings. The van der Waals surface area contributed by atoms with E-state index in [0.717, 1.165) is 25.9 Å². The Morgan fingerprint density at radius 3 is 2.15 bits per heavy atom. The molecular weight excluding hydrogens is 416 g/mol. The highest BCUT2D eigenvalue weighted by Gasteiger charge is 2.22. The molecule has 1 aromatic heterocycles. The first-order valence-corrected chi connectivity index (χ1v) is 10.6. The summed E-state index contributed by atoms with van der Waals surface area (Å²) in [5, 5.41) is 7.00. The molecule has 0 aliphatic heterocycles. The first kappa shape index (κ1) is 22.0. The monoisotopic (exact) mass is 440 g/mol. The van der Waals surface area contributed by atoms with E-state index in [1.54, 1.807) is 12.1 Å². The smallest absolute Gasteiger partial charge is 0.344 e. The van der Waals surface area contributed by atoms with Crippen molar-refractivity contribution in [3.63, 3.8) is 0 Å². The average molecular weight is 441 g/mol. The van der Waals surface area contributed by atoms with Gasteiger partial charge in [-0.2, -0.15) is 9.78 Å². The Bertz CT molecular complexity index is 1380. The van der Waals surface area contributed by atoms with E-state index < -0.39 is 17.2 Å². The van der Waals surface area contributed by atoms with Crippen LogP contribution in [0.3, 0.4) is 0 Å². The number of carbonyl (C=O) groups excluding carboxylic acids is 1. The number of hydrogen-bond acceptors (Lipinski definition) is 4. The lowest BCUT2D eigenvalue weighted by Crippen LogP contribution is -2.46. The van der Waals surface area contributed by atoms with Gasteiger partial charge in [0.05, 0.1) is 18.3 Å². The lowest BCUT2D eigenvalue weighted by molar-refractivity contribution is 0.0930. The van der Waals surface area contributed by atoms with Gasteiger partial charge in [0.15, 0.2) is 0 Å². The second-order valence-electron chi connectivity index (χ2n) is 7.86. The maximum Gasteiger partial charge on any atom is 0.352 e. The van der Waals surface area contributed by atoms with Crippen molar-refractivity contribution in [2.75, 3.05) is 0 Å². The Balaban J connectivity index is 1.80. The van der Waals surface area contributed by atoms with Crippen LogP contribution in [-0.2, 0) is 6.54 Å². The maximum atomic E-state index is 13.2. The molecule has 0 aliphatic rings. The van der Waals surface area contributed by atoms with Crippen molar-refractivity contribution >= 4 is 5.91 Å². The zero-order valence-electron chi connectivity index (χ0n) is 18.4. The summed E-state index contributed by atoms with van der Waals surface area (Å²) in [6.07, 6.45) is 0. The van der Waals surface area contributed by atoms with Crippen molar-refractivity contribution < 1.29 is 4.79 Å². The van der Waals surface area contributed by atoms with Crippen LogP contribution in [-0.4, -0.2) is 20.3 Å². The van der Waals surface area contributed by atoms with Crippen LogP contribution >= 0.6 is 0 Å². The lowest BCUT2D eigenvalue weighted by atomic mass is 10.1. The summed E-state index contributed by atoms with van der Waals surface area (Å²) < 4.78 is 2.15. The normalized spacial score (nSPS) is 11.7. The van der Waals surface area contributed by atoms with Crippen LogP contribution in [0.15, 0.2) is 94.5 Å². The van der Waals surface area contributed by atoms with Crippen molar-refractivity contribution in [3.05, 3.63) is 128 Å². The van der Waals surface area contributed by atoms with Gasteiger partial charge in [-0.05, 0) is 37.1 Å². The van der Waals surface area contributed by atoms with Crippen molar-refractivity contribution in [2.45, 2.75) is 26.4 Å². The summed E-state index contributed by atoms with van der Waals surface area (Å²) in [5.41, 5.74) is 1.46. The van der Waals surface area contributed by atoms with Crippen LogP contribution in [0.25, 0.3) is 5.69 Å². The quantitative estimate of drug-likeness (QED) is 0.499. The topological polar surface area (TPSA) is 86.0 Å². The Labute approximate surface area is 191 Å². The Morgan fingerprint density at radius 2 is 1.52 bits per heavy atom. The first-order valence-electron chi connectivity index (χ1n) is 10.6. The largest absolute Gasteiger partial charge is 0.352 e. The van der Waals surface area contributed by atoms with Gasteiger partial charge in [0.1, 0.15) is 0 Å². The van der Waals surface area contributed by atoms with E-state index in [-0.39, 0.29) is 18.3 Å².